The molecule has 0 aliphatic heterocycles. The number of nitrogens with one attached hydrogen (secondary N) is 1. The largest absolute Gasteiger partial charge is 0.483 e. The van der Waals surface area contributed by atoms with Gasteiger partial charge in [0.1, 0.15) is 5.75 Å². The number of rotatable bonds is 8. The molecule has 0 saturated carbocycles. The van der Waals surface area contributed by atoms with Gasteiger partial charge >= 0.3 is 0 Å². The van der Waals surface area contributed by atoms with Gasteiger partial charge in [0.05, 0.1) is 11.6 Å². The SMILES string of the molecule is Cc1cc(C)c(OCC(=O)NCCSCc2ccccc2C#N)c(C)c1. The molecule has 0 unspecified atom stereocenters. The van der Waals surface area contributed by atoms with Crippen molar-refractivity contribution in [2.75, 3.05) is 18.9 Å². The van der Waals surface area contributed by atoms with Crippen molar-refractivity contribution in [3.8, 4) is 11.8 Å². The monoisotopic (exact) mass is 368 g/mol. The molecule has 4 nitrogen and oxygen atoms in total. The van der Waals surface area contributed by atoms with E-state index in [9.17, 15) is 4.79 Å². The van der Waals surface area contributed by atoms with Crippen molar-refractivity contribution in [1.29, 1.82) is 5.26 Å². The number of aryl methyl sites for hydroxylation is 3. The minimum absolute atomic E-state index is 0.0205. The molecule has 0 aromatic heterocycles. The Labute approximate surface area is 159 Å². The number of nitrogens with zero attached hydrogens (tertiary/aromatic N) is 1. The Balaban J connectivity index is 1.69. The maximum atomic E-state index is 12.0. The van der Waals surface area contributed by atoms with Gasteiger partial charge in [-0.05, 0) is 43.5 Å². The quantitative estimate of drug-likeness (QED) is 0.718. The fourth-order valence-electron chi connectivity index (χ4n) is 2.78. The minimum atomic E-state index is -0.123. The lowest BCUT2D eigenvalue weighted by molar-refractivity contribution is -0.122. The van der Waals surface area contributed by atoms with E-state index in [0.29, 0.717) is 12.1 Å². The number of carbonyl (C=O) groups is 1. The highest BCUT2D eigenvalue weighted by Crippen LogP contribution is 2.24. The van der Waals surface area contributed by atoms with Crippen LogP contribution in [0.15, 0.2) is 36.4 Å². The third kappa shape index (κ3) is 5.82. The Hall–Kier alpha value is -2.45. The van der Waals surface area contributed by atoms with Gasteiger partial charge in [0, 0.05) is 18.1 Å². The molecule has 1 amide bonds. The first-order valence-electron chi connectivity index (χ1n) is 8.54. The number of hydrogen-bond acceptors (Lipinski definition) is 4. The summed E-state index contributed by atoms with van der Waals surface area (Å²) in [4.78, 5) is 12.0. The van der Waals surface area contributed by atoms with E-state index in [1.807, 2.05) is 45.0 Å². The number of benzene rings is 2. The lowest BCUT2D eigenvalue weighted by atomic mass is 10.1. The van der Waals surface area contributed by atoms with Crippen molar-refractivity contribution in [1.82, 2.24) is 5.32 Å². The van der Waals surface area contributed by atoms with Crippen molar-refractivity contribution in [3.05, 3.63) is 64.2 Å². The lowest BCUT2D eigenvalue weighted by Crippen LogP contribution is -2.30. The van der Waals surface area contributed by atoms with Gasteiger partial charge in [-0.25, -0.2) is 0 Å². The average molecular weight is 369 g/mol. The second-order valence-electron chi connectivity index (χ2n) is 6.19. The van der Waals surface area contributed by atoms with Gasteiger partial charge in [0.15, 0.2) is 6.61 Å². The fraction of sp³-hybridized carbons (Fsp3) is 0.333. The molecule has 5 heteroatoms. The molecular formula is C21H24N2O2S. The second kappa shape index (κ2) is 9.88. The summed E-state index contributed by atoms with van der Waals surface area (Å²) in [6.45, 7) is 6.62. The summed E-state index contributed by atoms with van der Waals surface area (Å²) in [6.07, 6.45) is 0. The summed E-state index contributed by atoms with van der Waals surface area (Å²) in [6, 6.07) is 13.9. The highest BCUT2D eigenvalue weighted by atomic mass is 32.2. The Bertz CT molecular complexity index is 789. The fourth-order valence-corrected chi connectivity index (χ4v) is 3.65. The Morgan fingerprint density at radius 3 is 2.58 bits per heavy atom. The molecule has 136 valence electrons. The summed E-state index contributed by atoms with van der Waals surface area (Å²) in [5.74, 6) is 2.21. The lowest BCUT2D eigenvalue weighted by Gasteiger charge is -2.13. The van der Waals surface area contributed by atoms with Crippen LogP contribution < -0.4 is 10.1 Å². The van der Waals surface area contributed by atoms with Gasteiger partial charge in [0.2, 0.25) is 0 Å². The molecule has 0 fully saturated rings. The molecular weight excluding hydrogens is 344 g/mol. The van der Waals surface area contributed by atoms with Crippen LogP contribution in [0.5, 0.6) is 5.75 Å². The van der Waals surface area contributed by atoms with Crippen LogP contribution in [0.1, 0.15) is 27.8 Å². The Morgan fingerprint density at radius 1 is 1.19 bits per heavy atom. The van der Waals surface area contributed by atoms with Crippen LogP contribution in [-0.4, -0.2) is 24.8 Å². The highest BCUT2D eigenvalue weighted by Gasteiger charge is 2.08. The van der Waals surface area contributed by atoms with Gasteiger partial charge < -0.3 is 10.1 Å². The van der Waals surface area contributed by atoms with Crippen molar-refractivity contribution in [2.24, 2.45) is 0 Å². The maximum absolute atomic E-state index is 12.0. The van der Waals surface area contributed by atoms with Gasteiger partial charge in [-0.15, -0.1) is 0 Å². The molecule has 0 aliphatic rings. The smallest absolute Gasteiger partial charge is 0.257 e. The van der Waals surface area contributed by atoms with Crippen LogP contribution in [0.25, 0.3) is 0 Å². The first-order chi connectivity index (χ1) is 12.5. The molecule has 0 atom stereocenters. The standard InChI is InChI=1S/C21H24N2O2S/c1-15-10-16(2)21(17(3)11-15)25-13-20(24)23-8-9-26-14-19-7-5-4-6-18(19)12-22/h4-7,10-11H,8-9,13-14H2,1-3H3,(H,23,24). The Morgan fingerprint density at radius 2 is 1.88 bits per heavy atom. The number of hydrogen-bond donors (Lipinski definition) is 1. The first-order valence-corrected chi connectivity index (χ1v) is 9.70. The molecule has 0 spiro atoms. The van der Waals surface area contributed by atoms with Crippen LogP contribution in [0.2, 0.25) is 0 Å². The van der Waals surface area contributed by atoms with Crippen LogP contribution in [0.3, 0.4) is 0 Å². The van der Waals surface area contributed by atoms with E-state index in [-0.39, 0.29) is 12.5 Å². The van der Waals surface area contributed by atoms with Crippen LogP contribution in [-0.2, 0) is 10.5 Å². The average Bonchev–Trinajstić information content (AvgIpc) is 2.60. The maximum Gasteiger partial charge on any atom is 0.257 e. The van der Waals surface area contributed by atoms with Crippen LogP contribution >= 0.6 is 11.8 Å². The van der Waals surface area contributed by atoms with E-state index in [1.54, 1.807) is 11.8 Å². The van der Waals surface area contributed by atoms with Crippen molar-refractivity contribution in [2.45, 2.75) is 26.5 Å². The van der Waals surface area contributed by atoms with Crippen LogP contribution in [0.4, 0.5) is 0 Å². The molecule has 0 saturated heterocycles. The van der Waals surface area contributed by atoms with Crippen molar-refractivity contribution in [3.63, 3.8) is 0 Å². The number of thioether (sulfide) groups is 1. The summed E-state index contributed by atoms with van der Waals surface area (Å²) < 4.78 is 5.69. The number of carbonyl (C=O) groups excluding carboxylic acids is 1. The molecule has 0 aliphatic carbocycles. The number of ether oxygens (including phenoxy) is 1. The van der Waals surface area contributed by atoms with E-state index in [0.717, 1.165) is 33.9 Å². The van der Waals surface area contributed by atoms with Crippen molar-refractivity contribution < 1.29 is 9.53 Å². The van der Waals surface area contributed by atoms with Crippen LogP contribution in [0, 0.1) is 32.1 Å². The van der Waals surface area contributed by atoms with Gasteiger partial charge in [-0.2, -0.15) is 17.0 Å². The number of amides is 1. The summed E-state index contributed by atoms with van der Waals surface area (Å²) in [7, 11) is 0. The third-order valence-corrected chi connectivity index (χ3v) is 4.92. The molecule has 0 heterocycles. The molecule has 2 aromatic carbocycles. The van der Waals surface area contributed by atoms with E-state index < -0.39 is 0 Å². The predicted molar refractivity (Wildman–Crippen MR) is 106 cm³/mol. The van der Waals surface area contributed by atoms with Gasteiger partial charge in [0.25, 0.3) is 5.91 Å². The van der Waals surface area contributed by atoms with E-state index in [1.165, 1.54) is 5.56 Å². The van der Waals surface area contributed by atoms with Gasteiger partial charge in [-0.3, -0.25) is 4.79 Å². The molecule has 0 bridgehead atoms. The first kappa shape index (κ1) is 19.9. The van der Waals surface area contributed by atoms with E-state index >= 15 is 0 Å². The molecule has 2 rings (SSSR count). The molecule has 26 heavy (non-hydrogen) atoms. The zero-order chi connectivity index (χ0) is 18.9. The normalized spacial score (nSPS) is 10.2. The van der Waals surface area contributed by atoms with E-state index in [4.69, 9.17) is 10.00 Å². The second-order valence-corrected chi connectivity index (χ2v) is 7.29. The van der Waals surface area contributed by atoms with Gasteiger partial charge in [-0.1, -0.05) is 35.9 Å². The summed E-state index contributed by atoms with van der Waals surface area (Å²) in [5, 5.41) is 11.9. The zero-order valence-corrected chi connectivity index (χ0v) is 16.3. The molecule has 0 radical (unpaired) electrons. The molecule has 1 N–H and O–H groups in total. The Kier molecular flexibility index (Phi) is 7.55. The van der Waals surface area contributed by atoms with Crippen molar-refractivity contribution >= 4 is 17.7 Å². The zero-order valence-electron chi connectivity index (χ0n) is 15.5. The third-order valence-electron chi connectivity index (χ3n) is 3.92. The molecule has 2 aromatic rings. The van der Waals surface area contributed by atoms with E-state index in [2.05, 4.69) is 23.5 Å². The summed E-state index contributed by atoms with van der Waals surface area (Å²) >= 11 is 1.69. The summed E-state index contributed by atoms with van der Waals surface area (Å²) in [5.41, 5.74) is 5.01. The predicted octanol–water partition coefficient (Wildman–Crippen LogP) is 3.91. The number of nitriles is 1. The topological polar surface area (TPSA) is 62.1 Å². The minimum Gasteiger partial charge on any atom is -0.483 e. The highest BCUT2D eigenvalue weighted by molar-refractivity contribution is 7.98.